The van der Waals surface area contributed by atoms with Gasteiger partial charge >= 0.3 is 6.03 Å². The summed E-state index contributed by atoms with van der Waals surface area (Å²) in [6.07, 6.45) is 4.99. The molecule has 1 unspecified atom stereocenters. The fourth-order valence-corrected chi connectivity index (χ4v) is 1.83. The lowest BCUT2D eigenvalue weighted by molar-refractivity contribution is 0.227. The molecular weight excluding hydrogens is 244 g/mol. The molecule has 6 heteroatoms. The Morgan fingerprint density at radius 1 is 1.53 bits per heavy atom. The molecule has 2 amide bonds. The zero-order chi connectivity index (χ0) is 14.3. The highest BCUT2D eigenvalue weighted by atomic mass is 16.3. The van der Waals surface area contributed by atoms with E-state index in [4.69, 9.17) is 5.11 Å². The summed E-state index contributed by atoms with van der Waals surface area (Å²) in [5.74, 6) is 0.278. The van der Waals surface area contributed by atoms with E-state index in [2.05, 4.69) is 22.7 Å². The number of urea groups is 1. The molecule has 0 spiro atoms. The first kappa shape index (κ1) is 15.5. The standard InChI is InChI=1S/C13H24N4O2/c1-4-6-17-9-11(8-14-17)15-13(19)16-12(5-7-18)10(2)3/h8-10,12,18H,4-7H2,1-3H3,(H2,15,16,19). The highest BCUT2D eigenvalue weighted by Gasteiger charge is 2.15. The second-order valence-electron chi connectivity index (χ2n) is 4.95. The van der Waals surface area contributed by atoms with Crippen molar-refractivity contribution in [3.8, 4) is 0 Å². The molecule has 0 saturated heterocycles. The van der Waals surface area contributed by atoms with Gasteiger partial charge in [-0.1, -0.05) is 20.8 Å². The topological polar surface area (TPSA) is 79.2 Å². The van der Waals surface area contributed by atoms with Gasteiger partial charge in [-0.25, -0.2) is 4.79 Å². The predicted molar refractivity (Wildman–Crippen MR) is 75.0 cm³/mol. The molecule has 1 aromatic heterocycles. The van der Waals surface area contributed by atoms with Crippen LogP contribution >= 0.6 is 0 Å². The molecular formula is C13H24N4O2. The van der Waals surface area contributed by atoms with Gasteiger partial charge in [0, 0.05) is 25.4 Å². The monoisotopic (exact) mass is 268 g/mol. The number of hydrogen-bond donors (Lipinski definition) is 3. The maximum absolute atomic E-state index is 11.8. The van der Waals surface area contributed by atoms with Gasteiger partial charge in [0.1, 0.15) is 0 Å². The summed E-state index contributed by atoms with van der Waals surface area (Å²) in [4.78, 5) is 11.8. The third kappa shape index (κ3) is 5.30. The zero-order valence-electron chi connectivity index (χ0n) is 11.9. The Labute approximate surface area is 114 Å². The van der Waals surface area contributed by atoms with E-state index in [1.54, 1.807) is 17.1 Å². The second-order valence-corrected chi connectivity index (χ2v) is 4.95. The molecule has 1 aromatic rings. The SMILES string of the molecule is CCCn1cc(NC(=O)NC(CCO)C(C)C)cn1. The molecule has 0 bridgehead atoms. The summed E-state index contributed by atoms with van der Waals surface area (Å²) in [5.41, 5.74) is 0.678. The number of aliphatic hydroxyl groups excluding tert-OH is 1. The molecule has 108 valence electrons. The first-order chi connectivity index (χ1) is 9.06. The van der Waals surface area contributed by atoms with Crippen LogP contribution in [0.2, 0.25) is 0 Å². The normalized spacial score (nSPS) is 12.5. The van der Waals surface area contributed by atoms with Crippen molar-refractivity contribution < 1.29 is 9.90 Å². The summed E-state index contributed by atoms with van der Waals surface area (Å²) < 4.78 is 1.79. The van der Waals surface area contributed by atoms with E-state index < -0.39 is 0 Å². The largest absolute Gasteiger partial charge is 0.396 e. The Balaban J connectivity index is 2.48. The van der Waals surface area contributed by atoms with Crippen LogP contribution < -0.4 is 10.6 Å². The van der Waals surface area contributed by atoms with E-state index in [1.807, 2.05) is 13.8 Å². The van der Waals surface area contributed by atoms with E-state index in [1.165, 1.54) is 0 Å². The number of carbonyl (C=O) groups excluding carboxylic acids is 1. The molecule has 3 N–H and O–H groups in total. The maximum atomic E-state index is 11.8. The maximum Gasteiger partial charge on any atom is 0.319 e. The van der Waals surface area contributed by atoms with Gasteiger partial charge in [0.25, 0.3) is 0 Å². The lowest BCUT2D eigenvalue weighted by Crippen LogP contribution is -2.41. The molecule has 1 rings (SSSR count). The van der Waals surface area contributed by atoms with Gasteiger partial charge in [-0.3, -0.25) is 4.68 Å². The molecule has 1 heterocycles. The molecule has 0 aliphatic carbocycles. The predicted octanol–water partition coefficient (Wildman–Crippen LogP) is 1.82. The highest BCUT2D eigenvalue weighted by molar-refractivity contribution is 5.89. The molecule has 19 heavy (non-hydrogen) atoms. The number of carbonyl (C=O) groups is 1. The number of aliphatic hydroxyl groups is 1. The van der Waals surface area contributed by atoms with Crippen molar-refractivity contribution in [1.29, 1.82) is 0 Å². The van der Waals surface area contributed by atoms with E-state index in [0.29, 0.717) is 12.1 Å². The molecule has 0 aliphatic rings. The number of hydrogen-bond acceptors (Lipinski definition) is 3. The molecule has 0 aromatic carbocycles. The van der Waals surface area contributed by atoms with Gasteiger partial charge in [-0.05, 0) is 18.8 Å². The quantitative estimate of drug-likeness (QED) is 0.705. The average Bonchev–Trinajstić information content (AvgIpc) is 2.76. The van der Waals surface area contributed by atoms with Crippen LogP contribution in [-0.4, -0.2) is 33.6 Å². The molecule has 0 radical (unpaired) electrons. The van der Waals surface area contributed by atoms with Crippen LogP contribution in [0, 0.1) is 5.92 Å². The smallest absolute Gasteiger partial charge is 0.319 e. The highest BCUT2D eigenvalue weighted by Crippen LogP contribution is 2.08. The minimum Gasteiger partial charge on any atom is -0.396 e. The average molecular weight is 268 g/mol. The number of anilines is 1. The summed E-state index contributed by atoms with van der Waals surface area (Å²) in [6.45, 7) is 7.00. The number of nitrogens with one attached hydrogen (secondary N) is 2. The molecule has 1 atom stereocenters. The summed E-state index contributed by atoms with van der Waals surface area (Å²) >= 11 is 0. The van der Waals surface area contributed by atoms with Gasteiger partial charge in [-0.2, -0.15) is 5.10 Å². The van der Waals surface area contributed by atoms with Crippen LogP contribution in [-0.2, 0) is 6.54 Å². The number of aromatic nitrogens is 2. The number of rotatable bonds is 7. The summed E-state index contributed by atoms with van der Waals surface area (Å²) in [5, 5.41) is 18.7. The van der Waals surface area contributed by atoms with Crippen LogP contribution in [0.3, 0.4) is 0 Å². The third-order valence-corrected chi connectivity index (χ3v) is 2.91. The van der Waals surface area contributed by atoms with Crippen LogP contribution in [0.25, 0.3) is 0 Å². The number of amides is 2. The van der Waals surface area contributed by atoms with E-state index in [9.17, 15) is 4.79 Å². The van der Waals surface area contributed by atoms with Crippen LogP contribution in [0.4, 0.5) is 10.5 Å². The van der Waals surface area contributed by atoms with Crippen molar-refractivity contribution in [2.45, 2.75) is 46.2 Å². The Kier molecular flexibility index (Phi) is 6.35. The van der Waals surface area contributed by atoms with Crippen LogP contribution in [0.1, 0.15) is 33.6 Å². The van der Waals surface area contributed by atoms with Crippen LogP contribution in [0.15, 0.2) is 12.4 Å². The zero-order valence-corrected chi connectivity index (χ0v) is 11.9. The van der Waals surface area contributed by atoms with Crippen molar-refractivity contribution in [3.63, 3.8) is 0 Å². The van der Waals surface area contributed by atoms with E-state index >= 15 is 0 Å². The fourth-order valence-electron chi connectivity index (χ4n) is 1.83. The van der Waals surface area contributed by atoms with Gasteiger partial charge in [0.15, 0.2) is 0 Å². The van der Waals surface area contributed by atoms with Gasteiger partial charge in [0.2, 0.25) is 0 Å². The van der Waals surface area contributed by atoms with Crippen molar-refractivity contribution in [2.75, 3.05) is 11.9 Å². The molecule has 0 aliphatic heterocycles. The Bertz CT molecular complexity index is 390. The minimum atomic E-state index is -0.261. The van der Waals surface area contributed by atoms with Crippen molar-refractivity contribution in [3.05, 3.63) is 12.4 Å². The molecule has 6 nitrogen and oxygen atoms in total. The van der Waals surface area contributed by atoms with Gasteiger partial charge in [0.05, 0.1) is 11.9 Å². The second kappa shape index (κ2) is 7.78. The van der Waals surface area contributed by atoms with Crippen molar-refractivity contribution in [1.82, 2.24) is 15.1 Å². The lowest BCUT2D eigenvalue weighted by atomic mass is 10.0. The minimum absolute atomic E-state index is 0.0318. The summed E-state index contributed by atoms with van der Waals surface area (Å²) in [6, 6.07) is -0.293. The Morgan fingerprint density at radius 3 is 2.84 bits per heavy atom. The van der Waals surface area contributed by atoms with E-state index in [-0.39, 0.29) is 24.6 Å². The third-order valence-electron chi connectivity index (χ3n) is 2.91. The Hall–Kier alpha value is -1.56. The number of nitrogens with zero attached hydrogens (tertiary/aromatic N) is 2. The first-order valence-electron chi connectivity index (χ1n) is 6.77. The Morgan fingerprint density at radius 2 is 2.26 bits per heavy atom. The van der Waals surface area contributed by atoms with E-state index in [0.717, 1.165) is 13.0 Å². The van der Waals surface area contributed by atoms with Crippen LogP contribution in [0.5, 0.6) is 0 Å². The van der Waals surface area contributed by atoms with Crippen molar-refractivity contribution in [2.24, 2.45) is 5.92 Å². The van der Waals surface area contributed by atoms with Gasteiger partial charge < -0.3 is 15.7 Å². The fraction of sp³-hybridized carbons (Fsp3) is 0.692. The lowest BCUT2D eigenvalue weighted by Gasteiger charge is -2.21. The molecule has 0 saturated carbocycles. The molecule has 0 fully saturated rings. The first-order valence-corrected chi connectivity index (χ1v) is 6.77. The summed E-state index contributed by atoms with van der Waals surface area (Å²) in [7, 11) is 0. The van der Waals surface area contributed by atoms with Gasteiger partial charge in [-0.15, -0.1) is 0 Å². The van der Waals surface area contributed by atoms with Crippen molar-refractivity contribution >= 4 is 11.7 Å². The number of aryl methyl sites for hydroxylation is 1.